The summed E-state index contributed by atoms with van der Waals surface area (Å²) in [5.74, 6) is 0.370. The van der Waals surface area contributed by atoms with Crippen molar-refractivity contribution in [2.24, 2.45) is 0 Å². The van der Waals surface area contributed by atoms with Crippen molar-refractivity contribution in [1.29, 1.82) is 0 Å². The Kier molecular flexibility index (Phi) is 7.12. The summed E-state index contributed by atoms with van der Waals surface area (Å²) in [5.41, 5.74) is 2.11. The minimum atomic E-state index is 0. The minimum absolute atomic E-state index is 0. The maximum Gasteiger partial charge on any atom is 0.120 e. The molecule has 0 saturated heterocycles. The van der Waals surface area contributed by atoms with E-state index >= 15 is 0 Å². The number of phenolic OH excluding ortho intramolecular Hbond substituents is 1. The maximum atomic E-state index is 9.99. The standard InChI is InChI=1S/C14H17NOS3.ClH/c1-3-15(4-2)9-11-7-10(5-6-12(11)16)13-8-14(17)19-18-13;/h5-8,16H,3-4,9H2,1-2H3;1H. The fourth-order valence-corrected chi connectivity index (χ4v) is 4.32. The molecule has 110 valence electrons. The third kappa shape index (κ3) is 4.27. The molecule has 6 heteroatoms. The van der Waals surface area contributed by atoms with Crippen molar-refractivity contribution in [3.8, 4) is 16.2 Å². The van der Waals surface area contributed by atoms with Crippen LogP contribution in [0.4, 0.5) is 0 Å². The summed E-state index contributed by atoms with van der Waals surface area (Å²) < 4.78 is 0.915. The number of rotatable bonds is 5. The van der Waals surface area contributed by atoms with E-state index in [2.05, 4.69) is 24.8 Å². The fourth-order valence-electron chi connectivity index (χ4n) is 1.93. The van der Waals surface area contributed by atoms with Crippen molar-refractivity contribution >= 4 is 45.3 Å². The van der Waals surface area contributed by atoms with Gasteiger partial charge in [-0.1, -0.05) is 46.7 Å². The van der Waals surface area contributed by atoms with E-state index in [-0.39, 0.29) is 12.4 Å². The van der Waals surface area contributed by atoms with Gasteiger partial charge in [0.05, 0.1) is 0 Å². The molecular weight excluding hydrogens is 330 g/mol. The van der Waals surface area contributed by atoms with E-state index in [9.17, 15) is 5.11 Å². The summed E-state index contributed by atoms with van der Waals surface area (Å²) in [6.45, 7) is 7.01. The van der Waals surface area contributed by atoms with Crippen LogP contribution in [0.5, 0.6) is 5.75 Å². The SMILES string of the molecule is CCN(CC)Cc1cc(-c2cc(=S)ss2)ccc1O.Cl. The summed E-state index contributed by atoms with van der Waals surface area (Å²) >= 11 is 5.17. The molecule has 0 aliphatic carbocycles. The van der Waals surface area contributed by atoms with Crippen LogP contribution in [0.1, 0.15) is 19.4 Å². The van der Waals surface area contributed by atoms with Crippen LogP contribution < -0.4 is 0 Å². The lowest BCUT2D eigenvalue weighted by molar-refractivity contribution is 0.291. The number of halogens is 1. The third-order valence-electron chi connectivity index (χ3n) is 3.11. The van der Waals surface area contributed by atoms with Gasteiger partial charge in [-0.05, 0) is 42.9 Å². The van der Waals surface area contributed by atoms with E-state index < -0.39 is 0 Å². The Hall–Kier alpha value is -0.460. The average molecular weight is 348 g/mol. The predicted molar refractivity (Wildman–Crippen MR) is 94.0 cm³/mol. The zero-order valence-electron chi connectivity index (χ0n) is 11.5. The molecule has 0 atom stereocenters. The highest BCUT2D eigenvalue weighted by Crippen LogP contribution is 2.32. The highest BCUT2D eigenvalue weighted by Gasteiger charge is 2.09. The lowest BCUT2D eigenvalue weighted by Gasteiger charge is -2.19. The van der Waals surface area contributed by atoms with Crippen molar-refractivity contribution < 1.29 is 5.11 Å². The van der Waals surface area contributed by atoms with Gasteiger partial charge in [0.15, 0.2) is 0 Å². The quantitative estimate of drug-likeness (QED) is 0.595. The Morgan fingerprint density at radius 1 is 1.15 bits per heavy atom. The van der Waals surface area contributed by atoms with Crippen LogP contribution in [-0.2, 0) is 6.54 Å². The number of hydrogen-bond donors (Lipinski definition) is 1. The second-order valence-corrected chi connectivity index (χ2v) is 7.21. The molecule has 2 aromatic rings. The molecule has 1 N–H and O–H groups in total. The summed E-state index contributed by atoms with van der Waals surface area (Å²) in [6.07, 6.45) is 0. The molecule has 0 fully saturated rings. The Labute approximate surface area is 138 Å². The first kappa shape index (κ1) is 17.6. The fraction of sp³-hybridized carbons (Fsp3) is 0.357. The summed E-state index contributed by atoms with van der Waals surface area (Å²) in [4.78, 5) is 3.46. The van der Waals surface area contributed by atoms with Crippen molar-refractivity contribution in [3.05, 3.63) is 33.7 Å². The number of aromatic hydroxyl groups is 1. The third-order valence-corrected chi connectivity index (χ3v) is 6.03. The monoisotopic (exact) mass is 347 g/mol. The molecular formula is C14H18ClNOS3. The summed E-state index contributed by atoms with van der Waals surface area (Å²) in [5, 5.41) is 9.99. The van der Waals surface area contributed by atoms with Gasteiger partial charge in [-0.25, -0.2) is 0 Å². The van der Waals surface area contributed by atoms with Crippen LogP contribution in [0.25, 0.3) is 10.4 Å². The van der Waals surface area contributed by atoms with Gasteiger partial charge in [-0.2, -0.15) is 0 Å². The van der Waals surface area contributed by atoms with Gasteiger partial charge in [0, 0.05) is 17.0 Å². The number of hydrogen-bond acceptors (Lipinski definition) is 5. The van der Waals surface area contributed by atoms with Gasteiger partial charge in [-0.15, -0.1) is 12.4 Å². The van der Waals surface area contributed by atoms with Crippen LogP contribution >= 0.6 is 45.3 Å². The first-order valence-electron chi connectivity index (χ1n) is 6.28. The van der Waals surface area contributed by atoms with Gasteiger partial charge in [0.25, 0.3) is 0 Å². The van der Waals surface area contributed by atoms with E-state index in [1.807, 2.05) is 12.1 Å². The van der Waals surface area contributed by atoms with Crippen LogP contribution in [-0.4, -0.2) is 23.1 Å². The van der Waals surface area contributed by atoms with Gasteiger partial charge in [-0.3, -0.25) is 4.90 Å². The van der Waals surface area contributed by atoms with Crippen LogP contribution in [0.3, 0.4) is 0 Å². The topological polar surface area (TPSA) is 23.5 Å². The van der Waals surface area contributed by atoms with Gasteiger partial charge >= 0.3 is 0 Å². The molecule has 0 radical (unpaired) electrons. The molecule has 2 nitrogen and oxygen atoms in total. The Bertz CT molecular complexity index is 604. The normalized spacial score (nSPS) is 10.6. The number of benzene rings is 1. The molecule has 20 heavy (non-hydrogen) atoms. The lowest BCUT2D eigenvalue weighted by Crippen LogP contribution is -2.22. The van der Waals surface area contributed by atoms with Crippen molar-refractivity contribution in [3.63, 3.8) is 0 Å². The van der Waals surface area contributed by atoms with Gasteiger partial charge < -0.3 is 5.11 Å². The van der Waals surface area contributed by atoms with Gasteiger partial charge in [0.1, 0.15) is 9.57 Å². The van der Waals surface area contributed by atoms with E-state index in [1.54, 1.807) is 26.7 Å². The second-order valence-electron chi connectivity index (χ2n) is 4.30. The van der Waals surface area contributed by atoms with E-state index in [0.29, 0.717) is 5.75 Å². The minimum Gasteiger partial charge on any atom is -0.508 e. The molecule has 1 aromatic heterocycles. The largest absolute Gasteiger partial charge is 0.508 e. The number of nitrogens with zero attached hydrogens (tertiary/aromatic N) is 1. The highest BCUT2D eigenvalue weighted by atomic mass is 35.5. The average Bonchev–Trinajstić information content (AvgIpc) is 2.84. The highest BCUT2D eigenvalue weighted by molar-refractivity contribution is 7.80. The second kappa shape index (κ2) is 8.10. The molecule has 0 aliphatic rings. The van der Waals surface area contributed by atoms with Crippen LogP contribution in [0.15, 0.2) is 24.3 Å². The maximum absolute atomic E-state index is 9.99. The molecule has 0 amide bonds. The zero-order valence-corrected chi connectivity index (χ0v) is 14.7. The molecule has 0 saturated carbocycles. The van der Waals surface area contributed by atoms with Crippen LogP contribution in [0, 0.1) is 3.82 Å². The molecule has 0 aliphatic heterocycles. The first-order chi connectivity index (χ1) is 9.13. The molecule has 2 rings (SSSR count). The van der Waals surface area contributed by atoms with E-state index in [4.69, 9.17) is 12.2 Å². The van der Waals surface area contributed by atoms with Crippen molar-refractivity contribution in [1.82, 2.24) is 4.90 Å². The van der Waals surface area contributed by atoms with Crippen molar-refractivity contribution in [2.75, 3.05) is 13.1 Å². The summed E-state index contributed by atoms with van der Waals surface area (Å²) in [6, 6.07) is 7.83. The Balaban J connectivity index is 0.00000200. The molecule has 1 heterocycles. The lowest BCUT2D eigenvalue weighted by atomic mass is 10.1. The molecule has 0 spiro atoms. The van der Waals surface area contributed by atoms with E-state index in [1.165, 1.54) is 4.88 Å². The molecule has 0 bridgehead atoms. The van der Waals surface area contributed by atoms with Crippen molar-refractivity contribution in [2.45, 2.75) is 20.4 Å². The molecule has 0 unspecified atom stereocenters. The Morgan fingerprint density at radius 3 is 2.40 bits per heavy atom. The predicted octanol–water partition coefficient (Wildman–Crippen LogP) is 5.18. The molecule has 1 aromatic carbocycles. The van der Waals surface area contributed by atoms with Gasteiger partial charge in [0.2, 0.25) is 0 Å². The Morgan fingerprint density at radius 2 is 1.85 bits per heavy atom. The van der Waals surface area contributed by atoms with Crippen LogP contribution in [0.2, 0.25) is 0 Å². The number of phenols is 1. The zero-order chi connectivity index (χ0) is 13.8. The smallest absolute Gasteiger partial charge is 0.120 e. The first-order valence-corrected chi connectivity index (χ1v) is 8.84. The van der Waals surface area contributed by atoms with E-state index in [0.717, 1.165) is 34.6 Å². The summed E-state index contributed by atoms with van der Waals surface area (Å²) in [7, 11) is 3.31.